The fourth-order valence-electron chi connectivity index (χ4n) is 0.960. The van der Waals surface area contributed by atoms with E-state index >= 15 is 0 Å². The van der Waals surface area contributed by atoms with Gasteiger partial charge in [-0.3, -0.25) is 10.2 Å². The summed E-state index contributed by atoms with van der Waals surface area (Å²) in [4.78, 5) is 10.7. The molecular formula is C9H11FN2O2. The molecule has 3 N–H and O–H groups in total. The molecular weight excluding hydrogens is 187 g/mol. The summed E-state index contributed by atoms with van der Waals surface area (Å²) in [6, 6.07) is 4.06. The number of benzene rings is 1. The van der Waals surface area contributed by atoms with Gasteiger partial charge in [-0.05, 0) is 30.7 Å². The summed E-state index contributed by atoms with van der Waals surface area (Å²) >= 11 is 0. The monoisotopic (exact) mass is 198 g/mol. The Morgan fingerprint density at radius 2 is 2.36 bits per heavy atom. The summed E-state index contributed by atoms with van der Waals surface area (Å²) in [5.74, 6) is 4.55. The summed E-state index contributed by atoms with van der Waals surface area (Å²) in [6.07, 6.45) is 0. The van der Waals surface area contributed by atoms with Gasteiger partial charge in [0.2, 0.25) is 0 Å². The lowest BCUT2D eigenvalue weighted by molar-refractivity contribution is -0.123. The minimum absolute atomic E-state index is 0.178. The molecule has 0 aliphatic rings. The Bertz CT molecular complexity index is 342. The van der Waals surface area contributed by atoms with Crippen LogP contribution in [0.15, 0.2) is 18.2 Å². The Kier molecular flexibility index (Phi) is 3.41. The number of carbonyl (C=O) groups is 1. The van der Waals surface area contributed by atoms with Gasteiger partial charge >= 0.3 is 0 Å². The van der Waals surface area contributed by atoms with Gasteiger partial charge in [0.05, 0.1) is 0 Å². The Morgan fingerprint density at radius 1 is 1.64 bits per heavy atom. The molecule has 0 fully saturated rings. The van der Waals surface area contributed by atoms with Crippen molar-refractivity contribution < 1.29 is 13.9 Å². The second-order valence-corrected chi connectivity index (χ2v) is 2.77. The van der Waals surface area contributed by atoms with Gasteiger partial charge in [0.15, 0.2) is 6.61 Å². The predicted molar refractivity (Wildman–Crippen MR) is 49.0 cm³/mol. The molecule has 0 heterocycles. The molecule has 76 valence electrons. The van der Waals surface area contributed by atoms with Crippen molar-refractivity contribution >= 4 is 5.91 Å². The third-order valence-electron chi connectivity index (χ3n) is 1.66. The lowest BCUT2D eigenvalue weighted by Gasteiger charge is -2.07. The minimum atomic E-state index is -0.436. The summed E-state index contributed by atoms with van der Waals surface area (Å²) in [5, 5.41) is 0. The van der Waals surface area contributed by atoms with Crippen LogP contribution in [0.5, 0.6) is 5.75 Å². The van der Waals surface area contributed by atoms with Gasteiger partial charge in [-0.15, -0.1) is 0 Å². The van der Waals surface area contributed by atoms with Crippen LogP contribution in [0.2, 0.25) is 0 Å². The van der Waals surface area contributed by atoms with Crippen LogP contribution in [0.4, 0.5) is 4.39 Å². The van der Waals surface area contributed by atoms with Crippen molar-refractivity contribution in [2.75, 3.05) is 6.61 Å². The summed E-state index contributed by atoms with van der Waals surface area (Å²) in [6.45, 7) is 1.52. The van der Waals surface area contributed by atoms with Crippen LogP contribution in [0.25, 0.3) is 0 Å². The third-order valence-corrected chi connectivity index (χ3v) is 1.66. The first kappa shape index (κ1) is 10.5. The van der Waals surface area contributed by atoms with Gasteiger partial charge in [-0.2, -0.15) is 0 Å². The van der Waals surface area contributed by atoms with Gasteiger partial charge in [-0.1, -0.05) is 0 Å². The van der Waals surface area contributed by atoms with Gasteiger partial charge in [0, 0.05) is 0 Å². The number of rotatable bonds is 3. The van der Waals surface area contributed by atoms with E-state index in [0.717, 1.165) is 0 Å². The zero-order valence-corrected chi connectivity index (χ0v) is 7.71. The van der Waals surface area contributed by atoms with Gasteiger partial charge in [-0.25, -0.2) is 10.2 Å². The predicted octanol–water partition coefficient (Wildman–Crippen LogP) is 0.503. The van der Waals surface area contributed by atoms with Crippen LogP contribution in [0, 0.1) is 12.7 Å². The standard InChI is InChI=1S/C9H11FN2O2/c1-6-4-7(10)2-3-8(6)14-5-9(13)12-11/h2-4H,5,11H2,1H3,(H,12,13). The maximum absolute atomic E-state index is 12.7. The number of carbonyl (C=O) groups excluding carboxylic acids is 1. The quantitative estimate of drug-likeness (QED) is 0.422. The van der Waals surface area contributed by atoms with E-state index in [1.165, 1.54) is 18.2 Å². The maximum Gasteiger partial charge on any atom is 0.271 e. The first-order valence-electron chi connectivity index (χ1n) is 4.02. The Balaban J connectivity index is 2.63. The van der Waals surface area contributed by atoms with Crippen molar-refractivity contribution in [2.24, 2.45) is 5.84 Å². The van der Waals surface area contributed by atoms with Crippen LogP contribution in [-0.4, -0.2) is 12.5 Å². The second-order valence-electron chi connectivity index (χ2n) is 2.77. The molecule has 14 heavy (non-hydrogen) atoms. The summed E-state index contributed by atoms with van der Waals surface area (Å²) in [5.41, 5.74) is 2.56. The van der Waals surface area contributed by atoms with Crippen molar-refractivity contribution in [2.45, 2.75) is 6.92 Å². The van der Waals surface area contributed by atoms with Crippen molar-refractivity contribution in [1.29, 1.82) is 0 Å². The van der Waals surface area contributed by atoms with Crippen LogP contribution in [0.3, 0.4) is 0 Å². The summed E-state index contributed by atoms with van der Waals surface area (Å²) in [7, 11) is 0. The molecule has 1 rings (SSSR count). The zero-order chi connectivity index (χ0) is 10.6. The van der Waals surface area contributed by atoms with Crippen molar-refractivity contribution in [1.82, 2.24) is 5.43 Å². The van der Waals surface area contributed by atoms with Crippen LogP contribution in [0.1, 0.15) is 5.56 Å². The second kappa shape index (κ2) is 4.57. The van der Waals surface area contributed by atoms with E-state index in [1.54, 1.807) is 6.92 Å². The highest BCUT2D eigenvalue weighted by Crippen LogP contribution is 2.17. The van der Waals surface area contributed by atoms with E-state index < -0.39 is 5.91 Å². The number of amides is 1. The molecule has 0 aromatic heterocycles. The highest BCUT2D eigenvalue weighted by molar-refractivity contribution is 5.76. The maximum atomic E-state index is 12.7. The van der Waals surface area contributed by atoms with Crippen molar-refractivity contribution in [3.63, 3.8) is 0 Å². The number of nitrogens with one attached hydrogen (secondary N) is 1. The number of hydrazine groups is 1. The lowest BCUT2D eigenvalue weighted by atomic mass is 10.2. The number of ether oxygens (including phenoxy) is 1. The number of halogens is 1. The van der Waals surface area contributed by atoms with E-state index in [-0.39, 0.29) is 12.4 Å². The molecule has 0 saturated heterocycles. The Hall–Kier alpha value is -1.62. The van der Waals surface area contributed by atoms with Crippen molar-refractivity contribution in [3.05, 3.63) is 29.6 Å². The fourth-order valence-corrected chi connectivity index (χ4v) is 0.960. The molecule has 4 nitrogen and oxygen atoms in total. The molecule has 0 bridgehead atoms. The molecule has 5 heteroatoms. The normalized spacial score (nSPS) is 9.64. The zero-order valence-electron chi connectivity index (χ0n) is 7.71. The molecule has 0 radical (unpaired) electrons. The molecule has 0 unspecified atom stereocenters. The highest BCUT2D eigenvalue weighted by Gasteiger charge is 2.03. The molecule has 0 aliphatic heterocycles. The molecule has 0 saturated carbocycles. The van der Waals surface area contributed by atoms with Crippen LogP contribution in [-0.2, 0) is 4.79 Å². The average molecular weight is 198 g/mol. The van der Waals surface area contributed by atoms with Crippen molar-refractivity contribution in [3.8, 4) is 5.75 Å². The van der Waals surface area contributed by atoms with E-state index in [4.69, 9.17) is 10.6 Å². The first-order valence-corrected chi connectivity index (χ1v) is 4.02. The molecule has 1 aromatic carbocycles. The minimum Gasteiger partial charge on any atom is -0.483 e. The highest BCUT2D eigenvalue weighted by atomic mass is 19.1. The number of hydrogen-bond acceptors (Lipinski definition) is 3. The Labute approximate surface area is 80.8 Å². The van der Waals surface area contributed by atoms with Gasteiger partial charge < -0.3 is 4.74 Å². The first-order chi connectivity index (χ1) is 6.63. The molecule has 1 amide bonds. The fraction of sp³-hybridized carbons (Fsp3) is 0.222. The smallest absolute Gasteiger partial charge is 0.271 e. The number of hydrogen-bond donors (Lipinski definition) is 2. The van der Waals surface area contributed by atoms with Gasteiger partial charge in [0.1, 0.15) is 11.6 Å². The lowest BCUT2D eigenvalue weighted by Crippen LogP contribution is -2.34. The molecule has 1 aromatic rings. The van der Waals surface area contributed by atoms with Crippen LogP contribution >= 0.6 is 0 Å². The number of nitrogens with two attached hydrogens (primary N) is 1. The number of aryl methyl sites for hydroxylation is 1. The molecule has 0 atom stereocenters. The topological polar surface area (TPSA) is 64.3 Å². The largest absolute Gasteiger partial charge is 0.483 e. The van der Waals surface area contributed by atoms with E-state index in [0.29, 0.717) is 11.3 Å². The van der Waals surface area contributed by atoms with Gasteiger partial charge in [0.25, 0.3) is 5.91 Å². The van der Waals surface area contributed by atoms with Crippen LogP contribution < -0.4 is 16.0 Å². The molecule has 0 aliphatic carbocycles. The van der Waals surface area contributed by atoms with E-state index in [1.807, 2.05) is 5.43 Å². The average Bonchev–Trinajstić information content (AvgIpc) is 2.16. The van der Waals surface area contributed by atoms with E-state index in [2.05, 4.69) is 0 Å². The Morgan fingerprint density at radius 3 is 2.93 bits per heavy atom. The third kappa shape index (κ3) is 2.70. The summed E-state index contributed by atoms with van der Waals surface area (Å²) < 4.78 is 17.7. The molecule has 0 spiro atoms. The van der Waals surface area contributed by atoms with E-state index in [9.17, 15) is 9.18 Å². The SMILES string of the molecule is Cc1cc(F)ccc1OCC(=O)NN.